The molecule has 3 unspecified atom stereocenters. The maximum absolute atomic E-state index is 9.15. The van der Waals surface area contributed by atoms with Crippen LogP contribution >= 0.6 is 0 Å². The van der Waals surface area contributed by atoms with Crippen molar-refractivity contribution in [3.63, 3.8) is 0 Å². The first-order chi connectivity index (χ1) is 8.13. The Morgan fingerprint density at radius 1 is 1.41 bits per heavy atom. The lowest BCUT2D eigenvalue weighted by Crippen LogP contribution is -2.46. The number of hydrogen-bond donors (Lipinski definition) is 0. The molecule has 1 fully saturated rings. The van der Waals surface area contributed by atoms with E-state index < -0.39 is 0 Å². The van der Waals surface area contributed by atoms with Crippen LogP contribution in [0.2, 0.25) is 0 Å². The number of anilines is 1. The highest BCUT2D eigenvalue weighted by molar-refractivity contribution is 5.54. The van der Waals surface area contributed by atoms with Gasteiger partial charge in [0.1, 0.15) is 11.9 Å². The Balaban J connectivity index is 2.35. The van der Waals surface area contributed by atoms with Gasteiger partial charge in [-0.05, 0) is 37.3 Å². The molecule has 3 heteroatoms. The summed E-state index contributed by atoms with van der Waals surface area (Å²) in [5, 5.41) is 9.15. The molecule has 0 N–H and O–H groups in total. The third-order valence-corrected chi connectivity index (χ3v) is 3.78. The van der Waals surface area contributed by atoms with Gasteiger partial charge in [-0.1, -0.05) is 13.8 Å². The highest BCUT2D eigenvalue weighted by Crippen LogP contribution is 2.31. The molecule has 0 amide bonds. The van der Waals surface area contributed by atoms with E-state index in [0.29, 0.717) is 23.4 Å². The standard InChI is InChI=1S/C14H19N3/c1-10-7-11(2)12(3)17(9-10)14-13(8-15)5-4-6-16-14/h4-6,10-12H,7,9H2,1-3H3. The molecule has 1 aliphatic heterocycles. The number of hydrogen-bond acceptors (Lipinski definition) is 3. The number of piperidine rings is 1. The van der Waals surface area contributed by atoms with Gasteiger partial charge in [0.05, 0.1) is 5.56 Å². The minimum Gasteiger partial charge on any atom is -0.352 e. The summed E-state index contributed by atoms with van der Waals surface area (Å²) in [5.74, 6) is 2.16. The second-order valence-corrected chi connectivity index (χ2v) is 5.20. The van der Waals surface area contributed by atoms with Crippen molar-refractivity contribution in [2.45, 2.75) is 33.2 Å². The van der Waals surface area contributed by atoms with E-state index in [-0.39, 0.29) is 0 Å². The highest BCUT2D eigenvalue weighted by atomic mass is 15.2. The van der Waals surface area contributed by atoms with E-state index in [2.05, 4.69) is 36.7 Å². The van der Waals surface area contributed by atoms with E-state index in [4.69, 9.17) is 5.26 Å². The largest absolute Gasteiger partial charge is 0.352 e. The normalized spacial score (nSPS) is 28.8. The average molecular weight is 229 g/mol. The first-order valence-corrected chi connectivity index (χ1v) is 6.25. The van der Waals surface area contributed by atoms with Crippen molar-refractivity contribution >= 4 is 5.82 Å². The van der Waals surface area contributed by atoms with Gasteiger partial charge in [0.15, 0.2) is 0 Å². The molecule has 17 heavy (non-hydrogen) atoms. The smallest absolute Gasteiger partial charge is 0.146 e. The van der Waals surface area contributed by atoms with Crippen LogP contribution in [0.5, 0.6) is 0 Å². The van der Waals surface area contributed by atoms with Crippen molar-refractivity contribution in [1.29, 1.82) is 5.26 Å². The van der Waals surface area contributed by atoms with Crippen LogP contribution in [-0.2, 0) is 0 Å². The maximum Gasteiger partial charge on any atom is 0.146 e. The maximum atomic E-state index is 9.15. The molecule has 3 nitrogen and oxygen atoms in total. The number of nitrogens with zero attached hydrogens (tertiary/aromatic N) is 3. The van der Waals surface area contributed by atoms with E-state index in [1.54, 1.807) is 6.20 Å². The lowest BCUT2D eigenvalue weighted by atomic mass is 9.86. The summed E-state index contributed by atoms with van der Waals surface area (Å²) in [4.78, 5) is 6.68. The van der Waals surface area contributed by atoms with E-state index in [9.17, 15) is 0 Å². The summed E-state index contributed by atoms with van der Waals surface area (Å²) in [6.07, 6.45) is 3.03. The number of rotatable bonds is 1. The highest BCUT2D eigenvalue weighted by Gasteiger charge is 2.30. The summed E-state index contributed by atoms with van der Waals surface area (Å²) in [7, 11) is 0. The monoisotopic (exact) mass is 229 g/mol. The number of nitriles is 1. The Bertz CT molecular complexity index is 435. The van der Waals surface area contributed by atoms with Gasteiger partial charge in [-0.3, -0.25) is 0 Å². The minimum absolute atomic E-state index is 0.452. The van der Waals surface area contributed by atoms with Crippen molar-refractivity contribution in [2.75, 3.05) is 11.4 Å². The van der Waals surface area contributed by atoms with Crippen LogP contribution in [-0.4, -0.2) is 17.6 Å². The molecule has 1 aromatic heterocycles. The van der Waals surface area contributed by atoms with Gasteiger partial charge in [0, 0.05) is 18.8 Å². The van der Waals surface area contributed by atoms with E-state index in [0.717, 1.165) is 12.4 Å². The summed E-state index contributed by atoms with van der Waals surface area (Å²) in [5.41, 5.74) is 0.681. The lowest BCUT2D eigenvalue weighted by Gasteiger charge is -2.42. The third kappa shape index (κ3) is 2.26. The first-order valence-electron chi connectivity index (χ1n) is 6.25. The fourth-order valence-electron chi connectivity index (χ4n) is 2.71. The average Bonchev–Trinajstić information content (AvgIpc) is 2.33. The molecule has 3 atom stereocenters. The topological polar surface area (TPSA) is 39.9 Å². The Kier molecular flexibility index (Phi) is 3.33. The van der Waals surface area contributed by atoms with Crippen LogP contribution in [0, 0.1) is 23.2 Å². The Labute approximate surface area is 103 Å². The predicted octanol–water partition coefficient (Wildman–Crippen LogP) is 2.82. The van der Waals surface area contributed by atoms with Gasteiger partial charge in [-0.25, -0.2) is 4.98 Å². The summed E-state index contributed by atoms with van der Waals surface area (Å²) >= 11 is 0. The Morgan fingerprint density at radius 3 is 2.88 bits per heavy atom. The van der Waals surface area contributed by atoms with Gasteiger partial charge >= 0.3 is 0 Å². The molecule has 1 aromatic rings. The molecule has 0 spiro atoms. The molecule has 90 valence electrons. The molecule has 0 saturated carbocycles. The van der Waals surface area contributed by atoms with Crippen molar-refractivity contribution in [3.8, 4) is 6.07 Å². The van der Waals surface area contributed by atoms with Crippen LogP contribution in [0.3, 0.4) is 0 Å². The molecule has 0 aromatic carbocycles. The summed E-state index contributed by atoms with van der Waals surface area (Å²) in [6, 6.07) is 6.36. The van der Waals surface area contributed by atoms with Gasteiger partial charge in [0.2, 0.25) is 0 Å². The molecular weight excluding hydrogens is 210 g/mol. The zero-order valence-electron chi connectivity index (χ0n) is 10.7. The van der Waals surface area contributed by atoms with Gasteiger partial charge in [-0.15, -0.1) is 0 Å². The fourth-order valence-corrected chi connectivity index (χ4v) is 2.71. The molecule has 1 aliphatic rings. The van der Waals surface area contributed by atoms with Crippen molar-refractivity contribution in [2.24, 2.45) is 11.8 Å². The third-order valence-electron chi connectivity index (χ3n) is 3.78. The zero-order valence-corrected chi connectivity index (χ0v) is 10.7. The lowest BCUT2D eigenvalue weighted by molar-refractivity contribution is 0.295. The molecule has 2 heterocycles. The number of pyridine rings is 1. The van der Waals surface area contributed by atoms with Gasteiger partial charge in [-0.2, -0.15) is 5.26 Å². The van der Waals surface area contributed by atoms with Crippen LogP contribution in [0.1, 0.15) is 32.8 Å². The van der Waals surface area contributed by atoms with E-state index in [1.165, 1.54) is 6.42 Å². The fraction of sp³-hybridized carbons (Fsp3) is 0.571. The molecular formula is C14H19N3. The van der Waals surface area contributed by atoms with Crippen molar-refractivity contribution < 1.29 is 0 Å². The molecule has 0 bridgehead atoms. The molecule has 0 radical (unpaired) electrons. The SMILES string of the molecule is CC1CC(C)C(C)N(c2ncccc2C#N)C1. The Hall–Kier alpha value is -1.56. The zero-order chi connectivity index (χ0) is 12.4. The van der Waals surface area contributed by atoms with Crippen LogP contribution in [0.25, 0.3) is 0 Å². The number of aromatic nitrogens is 1. The van der Waals surface area contributed by atoms with Crippen molar-refractivity contribution in [3.05, 3.63) is 23.9 Å². The van der Waals surface area contributed by atoms with Crippen LogP contribution in [0.15, 0.2) is 18.3 Å². The minimum atomic E-state index is 0.452. The second-order valence-electron chi connectivity index (χ2n) is 5.20. The molecule has 0 aliphatic carbocycles. The molecule has 1 saturated heterocycles. The van der Waals surface area contributed by atoms with Crippen LogP contribution in [0.4, 0.5) is 5.82 Å². The Morgan fingerprint density at radius 2 is 2.18 bits per heavy atom. The summed E-state index contributed by atoms with van der Waals surface area (Å²) in [6.45, 7) is 7.77. The van der Waals surface area contributed by atoms with E-state index >= 15 is 0 Å². The predicted molar refractivity (Wildman–Crippen MR) is 68.7 cm³/mol. The quantitative estimate of drug-likeness (QED) is 0.743. The van der Waals surface area contributed by atoms with E-state index in [1.807, 2.05) is 12.1 Å². The van der Waals surface area contributed by atoms with Gasteiger partial charge < -0.3 is 4.90 Å². The van der Waals surface area contributed by atoms with Gasteiger partial charge in [0.25, 0.3) is 0 Å². The second kappa shape index (κ2) is 4.75. The summed E-state index contributed by atoms with van der Waals surface area (Å²) < 4.78 is 0. The first kappa shape index (κ1) is 11.9. The van der Waals surface area contributed by atoms with Crippen molar-refractivity contribution in [1.82, 2.24) is 4.98 Å². The van der Waals surface area contributed by atoms with Crippen LogP contribution < -0.4 is 4.90 Å². The molecule has 2 rings (SSSR count).